The van der Waals surface area contributed by atoms with Crippen molar-refractivity contribution in [2.75, 3.05) is 26.8 Å². The van der Waals surface area contributed by atoms with Gasteiger partial charge in [-0.15, -0.1) is 0 Å². The molecule has 2 heterocycles. The zero-order valence-corrected chi connectivity index (χ0v) is 20.1. The average Bonchev–Trinajstić information content (AvgIpc) is 2.90. The van der Waals surface area contributed by atoms with Gasteiger partial charge in [-0.3, -0.25) is 9.59 Å². The highest BCUT2D eigenvalue weighted by Gasteiger charge is 2.54. The van der Waals surface area contributed by atoms with Gasteiger partial charge >= 0.3 is 0 Å². The molecule has 0 spiro atoms. The van der Waals surface area contributed by atoms with Gasteiger partial charge in [-0.1, -0.05) is 60.4 Å². The molecule has 2 fully saturated rings. The number of aliphatic hydroxyl groups excluding tert-OH is 1. The van der Waals surface area contributed by atoms with Gasteiger partial charge in [-0.25, -0.2) is 0 Å². The molecule has 0 bridgehead atoms. The molecule has 6 nitrogen and oxygen atoms in total. The minimum absolute atomic E-state index is 0.0355. The molecule has 182 valence electrons. The van der Waals surface area contributed by atoms with Crippen molar-refractivity contribution < 1.29 is 19.4 Å². The van der Waals surface area contributed by atoms with Crippen molar-refractivity contribution in [1.82, 2.24) is 9.80 Å². The zero-order valence-electron chi connectivity index (χ0n) is 20.1. The van der Waals surface area contributed by atoms with Crippen molar-refractivity contribution in [1.29, 1.82) is 0 Å². The van der Waals surface area contributed by atoms with E-state index in [1.54, 1.807) is 16.9 Å². The molecule has 6 heteroatoms. The second-order valence-corrected chi connectivity index (χ2v) is 9.18. The van der Waals surface area contributed by atoms with Gasteiger partial charge in [0.1, 0.15) is 5.75 Å². The van der Waals surface area contributed by atoms with E-state index in [2.05, 4.69) is 11.8 Å². The quantitative estimate of drug-likeness (QED) is 0.571. The van der Waals surface area contributed by atoms with Gasteiger partial charge in [0, 0.05) is 23.6 Å². The molecule has 0 unspecified atom stereocenters. The minimum atomic E-state index is -0.275. The van der Waals surface area contributed by atoms with Crippen molar-refractivity contribution in [3.8, 4) is 17.6 Å². The van der Waals surface area contributed by atoms with E-state index < -0.39 is 0 Å². The number of ether oxygens (including phenoxy) is 1. The van der Waals surface area contributed by atoms with Gasteiger partial charge in [0.15, 0.2) is 0 Å². The summed E-state index contributed by atoms with van der Waals surface area (Å²) < 4.78 is 5.25. The molecule has 2 aliphatic rings. The Bertz CT molecular complexity index is 1310. The number of aliphatic hydroxyl groups is 1. The Balaban J connectivity index is 1.30. The first-order valence-corrected chi connectivity index (χ1v) is 12.1. The molecule has 3 aromatic carbocycles. The Kier molecular flexibility index (Phi) is 6.75. The Morgan fingerprint density at radius 1 is 1.00 bits per heavy atom. The van der Waals surface area contributed by atoms with Gasteiger partial charge in [-0.2, -0.15) is 0 Å². The van der Waals surface area contributed by atoms with Gasteiger partial charge < -0.3 is 19.6 Å². The largest absolute Gasteiger partial charge is 0.497 e. The fraction of sp³-hybridized carbons (Fsp3) is 0.267. The number of benzene rings is 3. The van der Waals surface area contributed by atoms with E-state index in [0.29, 0.717) is 6.54 Å². The molecule has 2 aliphatic heterocycles. The fourth-order valence-electron chi connectivity index (χ4n) is 5.21. The van der Waals surface area contributed by atoms with E-state index in [-0.39, 0.29) is 49.4 Å². The van der Waals surface area contributed by atoms with Gasteiger partial charge in [0.2, 0.25) is 11.8 Å². The summed E-state index contributed by atoms with van der Waals surface area (Å²) in [5.41, 5.74) is 3.71. The van der Waals surface area contributed by atoms with Crippen LogP contribution in [0.25, 0.3) is 0 Å². The topological polar surface area (TPSA) is 70.1 Å². The van der Waals surface area contributed by atoms with E-state index in [4.69, 9.17) is 4.74 Å². The summed E-state index contributed by atoms with van der Waals surface area (Å²) >= 11 is 0. The SMILES string of the molecule is COc1cccc(C#Cc2ccc([C@@H]3[C@@H](CO)N4C(=O)CN(C(=O)Cc5ccccc5)C[C@@H]34)cc2)c1. The number of carbonyl (C=O) groups excluding carboxylic acids is 2. The maximum atomic E-state index is 12.9. The number of rotatable bonds is 5. The van der Waals surface area contributed by atoms with E-state index in [0.717, 1.165) is 28.0 Å². The third-order valence-corrected chi connectivity index (χ3v) is 7.02. The lowest BCUT2D eigenvalue weighted by Crippen LogP contribution is -2.73. The number of amides is 2. The number of nitrogens with zero attached hydrogens (tertiary/aromatic N) is 2. The summed E-state index contributed by atoms with van der Waals surface area (Å²) in [6.07, 6.45) is 0.273. The lowest BCUT2D eigenvalue weighted by atomic mass is 9.73. The third kappa shape index (κ3) is 4.71. The molecular weight excluding hydrogens is 452 g/mol. The van der Waals surface area contributed by atoms with E-state index in [1.165, 1.54) is 0 Å². The lowest BCUT2D eigenvalue weighted by molar-refractivity contribution is -0.166. The molecule has 2 saturated heterocycles. The first-order valence-electron chi connectivity index (χ1n) is 12.1. The highest BCUT2D eigenvalue weighted by molar-refractivity contribution is 5.88. The second kappa shape index (κ2) is 10.3. The van der Waals surface area contributed by atoms with Crippen LogP contribution in [0.3, 0.4) is 0 Å². The highest BCUT2D eigenvalue weighted by atomic mass is 16.5. The van der Waals surface area contributed by atoms with Gasteiger partial charge in [-0.05, 0) is 41.5 Å². The first-order chi connectivity index (χ1) is 17.6. The van der Waals surface area contributed by atoms with Crippen LogP contribution in [-0.4, -0.2) is 65.6 Å². The predicted octanol–water partition coefficient (Wildman–Crippen LogP) is 2.84. The summed E-state index contributed by atoms with van der Waals surface area (Å²) in [5, 5.41) is 10.0. The Morgan fingerprint density at radius 3 is 2.47 bits per heavy atom. The predicted molar refractivity (Wildman–Crippen MR) is 136 cm³/mol. The van der Waals surface area contributed by atoms with Crippen LogP contribution in [0, 0.1) is 11.8 Å². The molecule has 2 amide bonds. The highest BCUT2D eigenvalue weighted by Crippen LogP contribution is 2.43. The van der Waals surface area contributed by atoms with Crippen LogP contribution in [0.4, 0.5) is 0 Å². The molecule has 0 aliphatic carbocycles. The van der Waals surface area contributed by atoms with Crippen LogP contribution in [0.2, 0.25) is 0 Å². The number of methoxy groups -OCH3 is 1. The average molecular weight is 481 g/mol. The number of piperazine rings is 1. The molecule has 0 saturated carbocycles. The number of hydrogen-bond donors (Lipinski definition) is 1. The summed E-state index contributed by atoms with van der Waals surface area (Å²) in [5.74, 6) is 6.90. The third-order valence-electron chi connectivity index (χ3n) is 7.02. The van der Waals surface area contributed by atoms with E-state index >= 15 is 0 Å². The molecule has 0 radical (unpaired) electrons. The summed E-state index contributed by atoms with van der Waals surface area (Å²) in [6.45, 7) is 0.419. The van der Waals surface area contributed by atoms with Crippen molar-refractivity contribution in [3.05, 3.63) is 101 Å². The van der Waals surface area contributed by atoms with Crippen LogP contribution >= 0.6 is 0 Å². The first kappa shape index (κ1) is 23.7. The van der Waals surface area contributed by atoms with E-state index in [1.807, 2.05) is 78.9 Å². The minimum Gasteiger partial charge on any atom is -0.497 e. The maximum absolute atomic E-state index is 12.9. The normalized spacial score (nSPS) is 20.6. The van der Waals surface area contributed by atoms with Gasteiger partial charge in [0.05, 0.1) is 38.8 Å². The summed E-state index contributed by atoms with van der Waals surface area (Å²) in [6, 6.07) is 24.7. The number of fused-ring (bicyclic) bond motifs is 1. The second-order valence-electron chi connectivity index (χ2n) is 9.18. The van der Waals surface area contributed by atoms with E-state index in [9.17, 15) is 14.7 Å². The fourth-order valence-corrected chi connectivity index (χ4v) is 5.21. The molecule has 3 aromatic rings. The van der Waals surface area contributed by atoms with Crippen molar-refractivity contribution in [2.45, 2.75) is 24.4 Å². The summed E-state index contributed by atoms with van der Waals surface area (Å²) in [4.78, 5) is 29.2. The summed E-state index contributed by atoms with van der Waals surface area (Å²) in [7, 11) is 1.63. The van der Waals surface area contributed by atoms with Crippen molar-refractivity contribution in [3.63, 3.8) is 0 Å². The molecule has 5 rings (SSSR count). The lowest BCUT2D eigenvalue weighted by Gasteiger charge is -2.58. The zero-order chi connectivity index (χ0) is 25.1. The maximum Gasteiger partial charge on any atom is 0.242 e. The van der Waals surface area contributed by atoms with Crippen LogP contribution in [0.5, 0.6) is 5.75 Å². The Labute approximate surface area is 211 Å². The molecular formula is C30H28N2O4. The van der Waals surface area contributed by atoms with Crippen LogP contribution < -0.4 is 4.74 Å². The van der Waals surface area contributed by atoms with Crippen molar-refractivity contribution in [2.24, 2.45) is 0 Å². The van der Waals surface area contributed by atoms with Crippen LogP contribution in [0.15, 0.2) is 78.9 Å². The number of carbonyl (C=O) groups is 2. The monoisotopic (exact) mass is 480 g/mol. The molecule has 3 atom stereocenters. The molecule has 36 heavy (non-hydrogen) atoms. The molecule has 1 N–H and O–H groups in total. The number of hydrogen-bond acceptors (Lipinski definition) is 4. The smallest absolute Gasteiger partial charge is 0.242 e. The Morgan fingerprint density at radius 2 is 1.75 bits per heavy atom. The van der Waals surface area contributed by atoms with Gasteiger partial charge in [0.25, 0.3) is 0 Å². The standard InChI is InChI=1S/C30H28N2O4/c1-36-25-9-5-8-23(16-25)11-10-21-12-14-24(15-13-21)30-26-18-31(19-29(35)32(26)27(30)20-33)28(34)17-22-6-3-2-4-7-22/h2-9,12-16,26-27,30,33H,17-20H2,1H3/t26-,27+,30-/m0/s1. The van der Waals surface area contributed by atoms with Crippen LogP contribution in [-0.2, 0) is 16.0 Å². The Hall–Kier alpha value is -4.08. The van der Waals surface area contributed by atoms with Crippen LogP contribution in [0.1, 0.15) is 28.2 Å². The molecule has 0 aromatic heterocycles. The van der Waals surface area contributed by atoms with Crippen molar-refractivity contribution >= 4 is 11.8 Å².